The molecule has 1 amide bonds. The van der Waals surface area contributed by atoms with Crippen LogP contribution in [0.25, 0.3) is 0 Å². The van der Waals surface area contributed by atoms with Gasteiger partial charge in [-0.25, -0.2) is 4.39 Å². The quantitative estimate of drug-likeness (QED) is 0.244. The van der Waals surface area contributed by atoms with Gasteiger partial charge in [-0.2, -0.15) is 0 Å². The van der Waals surface area contributed by atoms with Crippen molar-refractivity contribution in [3.63, 3.8) is 0 Å². The van der Waals surface area contributed by atoms with Gasteiger partial charge in [0.1, 0.15) is 5.82 Å². The monoisotopic (exact) mass is 490 g/mol. The summed E-state index contributed by atoms with van der Waals surface area (Å²) in [6.45, 7) is 2.78. The highest BCUT2D eigenvalue weighted by Gasteiger charge is 2.26. The standard InChI is InChI=1S/C27H27FN4O4/c28-23-8-4-20(5-9-23)26(33)21-12-17-30(18-13-21)15-2-16-31(25-3-1-14-29-19-25)27(34)22-6-10-24(11-7-22)32(35)36/h1,3-11,14,19,21H,2,12-13,15-18H2. The molecule has 186 valence electrons. The number of hydrogen-bond donors (Lipinski definition) is 0. The van der Waals surface area contributed by atoms with E-state index >= 15 is 0 Å². The molecule has 0 unspecified atom stereocenters. The zero-order chi connectivity index (χ0) is 25.5. The number of carbonyl (C=O) groups excluding carboxylic acids is 2. The molecule has 36 heavy (non-hydrogen) atoms. The molecule has 1 fully saturated rings. The fraction of sp³-hybridized carbons (Fsp3) is 0.296. The van der Waals surface area contributed by atoms with Gasteiger partial charge in [-0.15, -0.1) is 0 Å². The van der Waals surface area contributed by atoms with Crippen LogP contribution < -0.4 is 4.90 Å². The van der Waals surface area contributed by atoms with Crippen molar-refractivity contribution < 1.29 is 18.9 Å². The molecule has 0 saturated carbocycles. The number of anilines is 1. The van der Waals surface area contributed by atoms with E-state index in [2.05, 4.69) is 9.88 Å². The van der Waals surface area contributed by atoms with E-state index in [1.54, 1.807) is 35.5 Å². The van der Waals surface area contributed by atoms with E-state index in [1.165, 1.54) is 36.4 Å². The van der Waals surface area contributed by atoms with Crippen LogP contribution >= 0.6 is 0 Å². The summed E-state index contributed by atoms with van der Waals surface area (Å²) in [5, 5.41) is 10.9. The number of Topliss-reactive ketones (excluding diaryl/α,β-unsaturated/α-hetero) is 1. The number of amides is 1. The van der Waals surface area contributed by atoms with E-state index in [4.69, 9.17) is 0 Å². The lowest BCUT2D eigenvalue weighted by Gasteiger charge is -2.32. The third-order valence-corrected chi connectivity index (χ3v) is 6.47. The van der Waals surface area contributed by atoms with Gasteiger partial charge in [0.15, 0.2) is 5.78 Å². The number of carbonyl (C=O) groups is 2. The first-order chi connectivity index (χ1) is 17.4. The van der Waals surface area contributed by atoms with Gasteiger partial charge in [0.05, 0.1) is 16.8 Å². The van der Waals surface area contributed by atoms with Crippen molar-refractivity contribution in [1.29, 1.82) is 0 Å². The van der Waals surface area contributed by atoms with Crippen molar-refractivity contribution in [1.82, 2.24) is 9.88 Å². The zero-order valence-electron chi connectivity index (χ0n) is 19.8. The van der Waals surface area contributed by atoms with Crippen LogP contribution in [0.2, 0.25) is 0 Å². The molecule has 4 rings (SSSR count). The van der Waals surface area contributed by atoms with Crippen LogP contribution in [-0.4, -0.2) is 52.7 Å². The van der Waals surface area contributed by atoms with E-state index in [1.807, 2.05) is 6.07 Å². The first-order valence-corrected chi connectivity index (χ1v) is 11.9. The van der Waals surface area contributed by atoms with E-state index in [0.29, 0.717) is 29.8 Å². The van der Waals surface area contributed by atoms with Crippen LogP contribution in [-0.2, 0) is 0 Å². The highest BCUT2D eigenvalue weighted by atomic mass is 19.1. The second-order valence-electron chi connectivity index (χ2n) is 8.81. The van der Waals surface area contributed by atoms with Gasteiger partial charge < -0.3 is 9.80 Å². The molecule has 0 atom stereocenters. The number of nitro groups is 1. The summed E-state index contributed by atoms with van der Waals surface area (Å²) in [7, 11) is 0. The van der Waals surface area contributed by atoms with Gasteiger partial charge in [-0.1, -0.05) is 0 Å². The molecule has 1 aliphatic rings. The van der Waals surface area contributed by atoms with Crippen molar-refractivity contribution in [3.05, 3.63) is 100 Å². The van der Waals surface area contributed by atoms with Crippen molar-refractivity contribution in [2.24, 2.45) is 5.92 Å². The largest absolute Gasteiger partial charge is 0.307 e. The normalized spacial score (nSPS) is 14.4. The van der Waals surface area contributed by atoms with Crippen LogP contribution in [0.5, 0.6) is 0 Å². The molecule has 0 bridgehead atoms. The Morgan fingerprint density at radius 1 is 1.03 bits per heavy atom. The first kappa shape index (κ1) is 25.1. The Kier molecular flexibility index (Phi) is 8.12. The number of aromatic nitrogens is 1. The van der Waals surface area contributed by atoms with Crippen LogP contribution in [0.1, 0.15) is 40.0 Å². The van der Waals surface area contributed by atoms with Gasteiger partial charge in [-0.05, 0) is 87.4 Å². The predicted octanol–water partition coefficient (Wildman–Crippen LogP) is 4.76. The van der Waals surface area contributed by atoms with Gasteiger partial charge in [0.25, 0.3) is 11.6 Å². The van der Waals surface area contributed by atoms with Crippen molar-refractivity contribution in [2.75, 3.05) is 31.1 Å². The number of rotatable bonds is 9. The molecule has 0 N–H and O–H groups in total. The number of pyridine rings is 1. The summed E-state index contributed by atoms with van der Waals surface area (Å²) in [6, 6.07) is 14.9. The molecule has 2 aromatic carbocycles. The first-order valence-electron chi connectivity index (χ1n) is 11.9. The van der Waals surface area contributed by atoms with Crippen LogP contribution in [0.4, 0.5) is 15.8 Å². The minimum Gasteiger partial charge on any atom is -0.307 e. The number of nitro benzene ring substituents is 1. The average molecular weight is 491 g/mol. The second kappa shape index (κ2) is 11.6. The Hall–Kier alpha value is -3.98. The number of hydrogen-bond acceptors (Lipinski definition) is 6. The summed E-state index contributed by atoms with van der Waals surface area (Å²) in [5.74, 6) is -0.608. The summed E-state index contributed by atoms with van der Waals surface area (Å²) >= 11 is 0. The van der Waals surface area contributed by atoms with Crippen LogP contribution in [0.15, 0.2) is 73.1 Å². The molecule has 2 heterocycles. The summed E-state index contributed by atoms with van der Waals surface area (Å²) in [4.78, 5) is 44.4. The number of nitrogens with zero attached hydrogens (tertiary/aromatic N) is 4. The number of benzene rings is 2. The molecule has 1 aromatic heterocycles. The number of halogens is 1. The Bertz CT molecular complexity index is 1190. The maximum Gasteiger partial charge on any atom is 0.269 e. The van der Waals surface area contributed by atoms with E-state index < -0.39 is 4.92 Å². The van der Waals surface area contributed by atoms with E-state index in [-0.39, 0.29) is 29.1 Å². The van der Waals surface area contributed by atoms with E-state index in [9.17, 15) is 24.1 Å². The minimum absolute atomic E-state index is 0.0612. The maximum atomic E-state index is 13.2. The average Bonchev–Trinajstić information content (AvgIpc) is 2.92. The lowest BCUT2D eigenvalue weighted by molar-refractivity contribution is -0.384. The smallest absolute Gasteiger partial charge is 0.269 e. The topological polar surface area (TPSA) is 96.7 Å². The fourth-order valence-electron chi connectivity index (χ4n) is 4.46. The van der Waals surface area contributed by atoms with Gasteiger partial charge in [0.2, 0.25) is 0 Å². The van der Waals surface area contributed by atoms with Crippen LogP contribution in [0, 0.1) is 21.8 Å². The number of likely N-dealkylation sites (tertiary alicyclic amines) is 1. The molecule has 9 heteroatoms. The number of ketones is 1. The lowest BCUT2D eigenvalue weighted by Crippen LogP contribution is -2.39. The third kappa shape index (κ3) is 6.17. The highest BCUT2D eigenvalue weighted by molar-refractivity contribution is 6.06. The molecule has 0 aliphatic carbocycles. The Morgan fingerprint density at radius 2 is 1.69 bits per heavy atom. The lowest BCUT2D eigenvalue weighted by atomic mass is 9.89. The SMILES string of the molecule is O=C(c1ccc(F)cc1)C1CCN(CCCN(C(=O)c2ccc([N+](=O)[O-])cc2)c2cccnc2)CC1. The summed E-state index contributed by atoms with van der Waals surface area (Å²) in [5.41, 5.74) is 1.50. The van der Waals surface area contributed by atoms with E-state index in [0.717, 1.165) is 32.5 Å². The Morgan fingerprint density at radius 3 is 2.31 bits per heavy atom. The van der Waals surface area contributed by atoms with Crippen LogP contribution in [0.3, 0.4) is 0 Å². The molecule has 0 spiro atoms. The third-order valence-electron chi connectivity index (χ3n) is 6.47. The number of non-ortho nitro benzene ring substituents is 1. The second-order valence-corrected chi connectivity index (χ2v) is 8.81. The predicted molar refractivity (Wildman–Crippen MR) is 134 cm³/mol. The molecular formula is C27H27FN4O4. The minimum atomic E-state index is -0.496. The Balaban J connectivity index is 1.33. The zero-order valence-corrected chi connectivity index (χ0v) is 19.8. The maximum absolute atomic E-state index is 13.2. The molecule has 8 nitrogen and oxygen atoms in total. The van der Waals surface area contributed by atoms with Crippen molar-refractivity contribution >= 4 is 23.1 Å². The Labute approximate surface area is 208 Å². The summed E-state index contributed by atoms with van der Waals surface area (Å²) in [6.07, 6.45) is 5.45. The van der Waals surface area contributed by atoms with Crippen molar-refractivity contribution in [2.45, 2.75) is 19.3 Å². The summed E-state index contributed by atoms with van der Waals surface area (Å²) < 4.78 is 13.1. The highest BCUT2D eigenvalue weighted by Crippen LogP contribution is 2.23. The molecule has 3 aromatic rings. The molecule has 1 saturated heterocycles. The molecule has 0 radical (unpaired) electrons. The van der Waals surface area contributed by atoms with Gasteiger partial charge in [-0.3, -0.25) is 24.7 Å². The molecule has 1 aliphatic heterocycles. The van der Waals surface area contributed by atoms with Gasteiger partial charge in [0, 0.05) is 41.9 Å². The van der Waals surface area contributed by atoms with Crippen molar-refractivity contribution in [3.8, 4) is 0 Å². The number of piperidine rings is 1. The fourth-order valence-corrected chi connectivity index (χ4v) is 4.46. The van der Waals surface area contributed by atoms with Gasteiger partial charge >= 0.3 is 0 Å². The molecular weight excluding hydrogens is 463 g/mol.